The molecule has 3 atom stereocenters. The van der Waals surface area contributed by atoms with Crippen LogP contribution in [0.2, 0.25) is 0 Å². The Kier molecular flexibility index (Phi) is 12.9. The summed E-state index contributed by atoms with van der Waals surface area (Å²) in [4.78, 5) is 62.7. The van der Waals surface area contributed by atoms with Crippen molar-refractivity contribution in [2.75, 3.05) is 30.0 Å². The van der Waals surface area contributed by atoms with Crippen molar-refractivity contribution in [2.45, 2.75) is 83.1 Å². The Morgan fingerprint density at radius 1 is 1.09 bits per heavy atom. The van der Waals surface area contributed by atoms with Gasteiger partial charge in [-0.2, -0.15) is 20.1 Å². The molecule has 0 aliphatic carbocycles. The number of nitrogens with zero attached hydrogens (tertiary/aromatic N) is 7. The molecule has 2 aromatic carbocycles. The Bertz CT molecular complexity index is 2000. The number of anilines is 3. The molecule has 1 fully saturated rings. The molecule has 2 amide bonds. The zero-order chi connectivity index (χ0) is 39.8. The summed E-state index contributed by atoms with van der Waals surface area (Å²) in [5, 5.41) is 28.6. The standard InChI is InChI=1S/C38H49N11O6/c1-24(2)18-38(22-37(3,23-50)55-49(38)20-25-8-6-5-7-9-25)16-17-42-47-30(51)15-14-29(35(53)54)44-34(52)26-10-12-28(13-11-26)48(4)21-27-19-41-33-31(43-27)32(39)45-36(40)46-33/h5-13,17,19,24,29,50H,14-16,18,20-23H2,1-4H3,(H,44,52)(H,47,51)(H,53,54)(H4,39,40,41,45,46)/t29-,37+,38+/m0/s1. The van der Waals surface area contributed by atoms with Gasteiger partial charge in [-0.15, -0.1) is 0 Å². The van der Waals surface area contributed by atoms with Crippen molar-refractivity contribution in [3.8, 4) is 0 Å². The molecular weight excluding hydrogens is 706 g/mol. The van der Waals surface area contributed by atoms with Crippen molar-refractivity contribution in [3.05, 3.63) is 77.6 Å². The summed E-state index contributed by atoms with van der Waals surface area (Å²) in [6.45, 7) is 6.85. The Morgan fingerprint density at radius 3 is 2.49 bits per heavy atom. The minimum Gasteiger partial charge on any atom is -0.480 e. The Hall–Kier alpha value is -5.78. The van der Waals surface area contributed by atoms with E-state index in [4.69, 9.17) is 16.3 Å². The highest BCUT2D eigenvalue weighted by atomic mass is 16.7. The number of benzene rings is 2. The van der Waals surface area contributed by atoms with Crippen molar-refractivity contribution >= 4 is 52.6 Å². The number of carboxylic acid groups (broad SMARTS) is 1. The molecule has 17 heteroatoms. The van der Waals surface area contributed by atoms with Crippen molar-refractivity contribution in [3.63, 3.8) is 0 Å². The number of hydrogen-bond donors (Lipinski definition) is 6. The summed E-state index contributed by atoms with van der Waals surface area (Å²) in [6.07, 6.45) is 4.61. The van der Waals surface area contributed by atoms with Gasteiger partial charge in [0.05, 0.1) is 30.6 Å². The van der Waals surface area contributed by atoms with E-state index in [1.165, 1.54) is 0 Å². The third kappa shape index (κ3) is 10.5. The minimum atomic E-state index is -1.31. The van der Waals surface area contributed by atoms with E-state index in [9.17, 15) is 24.6 Å². The quantitative estimate of drug-likeness (QED) is 0.0670. The van der Waals surface area contributed by atoms with Gasteiger partial charge in [0.2, 0.25) is 11.9 Å². The maximum Gasteiger partial charge on any atom is 0.326 e. The lowest BCUT2D eigenvalue weighted by molar-refractivity contribution is -0.233. The average Bonchev–Trinajstić information content (AvgIpc) is 3.42. The van der Waals surface area contributed by atoms with Gasteiger partial charge in [0.25, 0.3) is 5.91 Å². The molecule has 55 heavy (non-hydrogen) atoms. The SMILES string of the molecule is CC(C)C[C@]1(CC=NNC(=O)CC[C@H](NC(=O)c2ccc(N(C)Cc3cnc4nc(N)nc(N)c4n3)cc2)C(=O)O)C[C@](C)(CO)ON1Cc1ccccc1. The summed E-state index contributed by atoms with van der Waals surface area (Å²) < 4.78 is 0. The molecular formula is C38H49N11O6. The number of aromatic nitrogens is 4. The third-order valence-electron chi connectivity index (χ3n) is 9.34. The summed E-state index contributed by atoms with van der Waals surface area (Å²) in [5.74, 6) is -1.92. The van der Waals surface area contributed by atoms with E-state index < -0.39 is 35.0 Å². The molecule has 0 unspecified atom stereocenters. The lowest BCUT2D eigenvalue weighted by atomic mass is 9.78. The number of aliphatic hydroxyl groups is 1. The first-order valence-electron chi connectivity index (χ1n) is 18.0. The zero-order valence-electron chi connectivity index (χ0n) is 31.5. The zero-order valence-corrected chi connectivity index (χ0v) is 31.5. The topological polar surface area (TPSA) is 247 Å². The number of carboxylic acids is 1. The average molecular weight is 756 g/mol. The number of aliphatic carboxylic acids is 1. The van der Waals surface area contributed by atoms with Crippen molar-refractivity contribution in [2.24, 2.45) is 11.0 Å². The van der Waals surface area contributed by atoms with E-state index in [0.717, 1.165) is 17.7 Å². The minimum absolute atomic E-state index is 0.00969. The summed E-state index contributed by atoms with van der Waals surface area (Å²) in [7, 11) is 1.83. The maximum absolute atomic E-state index is 13.0. The van der Waals surface area contributed by atoms with Crippen LogP contribution < -0.4 is 27.1 Å². The van der Waals surface area contributed by atoms with Crippen molar-refractivity contribution in [1.29, 1.82) is 0 Å². The number of fused-ring (bicyclic) bond motifs is 1. The molecule has 1 aliphatic rings. The molecule has 4 aromatic rings. The first kappa shape index (κ1) is 40.4. The molecule has 1 aliphatic heterocycles. The summed E-state index contributed by atoms with van der Waals surface area (Å²) >= 11 is 0. The van der Waals surface area contributed by atoms with Gasteiger partial charge in [-0.25, -0.2) is 20.2 Å². The molecule has 0 spiro atoms. The first-order chi connectivity index (χ1) is 26.2. The summed E-state index contributed by atoms with van der Waals surface area (Å²) in [6, 6.07) is 15.2. The van der Waals surface area contributed by atoms with Gasteiger partial charge in [0, 0.05) is 50.3 Å². The lowest BCUT2D eigenvalue weighted by Crippen LogP contribution is -2.44. The number of nitrogen functional groups attached to an aromatic ring is 2. The van der Waals surface area contributed by atoms with E-state index in [1.807, 2.05) is 54.3 Å². The highest BCUT2D eigenvalue weighted by molar-refractivity contribution is 5.97. The van der Waals surface area contributed by atoms with Crippen LogP contribution in [0, 0.1) is 5.92 Å². The van der Waals surface area contributed by atoms with Gasteiger partial charge in [-0.3, -0.25) is 14.4 Å². The van der Waals surface area contributed by atoms with Crippen LogP contribution in [0.3, 0.4) is 0 Å². The van der Waals surface area contributed by atoms with Crippen LogP contribution in [0.25, 0.3) is 11.2 Å². The number of carbonyl (C=O) groups is 3. The van der Waals surface area contributed by atoms with Gasteiger partial charge in [-0.1, -0.05) is 44.2 Å². The Morgan fingerprint density at radius 2 is 1.82 bits per heavy atom. The lowest BCUT2D eigenvalue weighted by Gasteiger charge is -2.37. The Labute approximate surface area is 319 Å². The second-order valence-corrected chi connectivity index (χ2v) is 14.6. The fourth-order valence-electron chi connectivity index (χ4n) is 6.83. The number of carbonyl (C=O) groups excluding carboxylic acids is 2. The predicted octanol–water partition coefficient (Wildman–Crippen LogP) is 3.05. The molecule has 3 heterocycles. The van der Waals surface area contributed by atoms with Crippen molar-refractivity contribution < 1.29 is 29.4 Å². The molecule has 17 nitrogen and oxygen atoms in total. The molecule has 2 aromatic heterocycles. The number of amides is 2. The molecule has 8 N–H and O–H groups in total. The van der Waals surface area contributed by atoms with Gasteiger partial charge in [-0.05, 0) is 55.5 Å². The van der Waals surface area contributed by atoms with Crippen LogP contribution >= 0.6 is 0 Å². The Balaban J connectivity index is 1.13. The van der Waals surface area contributed by atoms with Crippen LogP contribution in [-0.4, -0.2) is 90.0 Å². The van der Waals surface area contributed by atoms with Crippen molar-refractivity contribution in [1.82, 2.24) is 35.7 Å². The van der Waals surface area contributed by atoms with Gasteiger partial charge >= 0.3 is 5.97 Å². The number of rotatable bonds is 17. The van der Waals surface area contributed by atoms with E-state index in [-0.39, 0.29) is 36.8 Å². The molecule has 292 valence electrons. The highest BCUT2D eigenvalue weighted by Gasteiger charge is 2.52. The number of hydroxylamine groups is 2. The number of hydrogen-bond acceptors (Lipinski definition) is 14. The van der Waals surface area contributed by atoms with Crippen LogP contribution in [0.1, 0.15) is 74.5 Å². The number of nitrogens with two attached hydrogens (primary N) is 2. The predicted molar refractivity (Wildman–Crippen MR) is 207 cm³/mol. The van der Waals surface area contributed by atoms with Crippen LogP contribution in [0.4, 0.5) is 17.5 Å². The maximum atomic E-state index is 13.0. The summed E-state index contributed by atoms with van der Waals surface area (Å²) in [5.41, 5.74) is 16.1. The van der Waals surface area contributed by atoms with Gasteiger partial charge in [0.1, 0.15) is 11.6 Å². The molecule has 5 rings (SSSR count). The molecule has 0 radical (unpaired) electrons. The smallest absolute Gasteiger partial charge is 0.326 e. The fourth-order valence-corrected chi connectivity index (χ4v) is 6.83. The highest BCUT2D eigenvalue weighted by Crippen LogP contribution is 2.45. The normalized spacial score (nSPS) is 19.2. The first-order valence-corrected chi connectivity index (χ1v) is 18.0. The van der Waals surface area contributed by atoms with Gasteiger partial charge in [0.15, 0.2) is 17.0 Å². The van der Waals surface area contributed by atoms with Crippen LogP contribution in [0.15, 0.2) is 65.9 Å². The largest absolute Gasteiger partial charge is 0.480 e. The molecule has 0 saturated carbocycles. The fraction of sp³-hybridized carbons (Fsp3) is 0.421. The second-order valence-electron chi connectivity index (χ2n) is 14.6. The molecule has 0 bridgehead atoms. The number of nitrogens with one attached hydrogen (secondary N) is 2. The third-order valence-corrected chi connectivity index (χ3v) is 9.34. The number of hydrazone groups is 1. The van der Waals surface area contributed by atoms with E-state index in [1.54, 1.807) is 36.7 Å². The van der Waals surface area contributed by atoms with E-state index >= 15 is 0 Å². The van der Waals surface area contributed by atoms with Gasteiger partial charge < -0.3 is 31.9 Å². The monoisotopic (exact) mass is 755 g/mol. The molecule has 1 saturated heterocycles. The van der Waals surface area contributed by atoms with E-state index in [2.05, 4.69) is 49.6 Å². The van der Waals surface area contributed by atoms with Crippen LogP contribution in [-0.2, 0) is 27.5 Å². The number of aliphatic hydroxyl groups excluding tert-OH is 1. The second kappa shape index (κ2) is 17.6. The van der Waals surface area contributed by atoms with E-state index in [0.29, 0.717) is 48.7 Å². The van der Waals surface area contributed by atoms with Crippen LogP contribution in [0.5, 0.6) is 0 Å².